The zero-order valence-corrected chi connectivity index (χ0v) is 10.5. The standard InChI is InChI=1S/C15H15NO3/c17-14(12-8-4-5-9-12)16-13(10-19-15(16)18)11-6-2-1-3-7-11/h1-3,6-8,13H,4-5,9-10H2/t13-/m0/s1. The molecule has 4 nitrogen and oxygen atoms in total. The zero-order chi connectivity index (χ0) is 13.2. The third-order valence-electron chi connectivity index (χ3n) is 3.59. The quantitative estimate of drug-likeness (QED) is 0.818. The van der Waals surface area contributed by atoms with Gasteiger partial charge in [0.25, 0.3) is 5.91 Å². The molecule has 1 aliphatic carbocycles. The van der Waals surface area contributed by atoms with Crippen LogP contribution in [0.15, 0.2) is 42.0 Å². The Hall–Kier alpha value is -2.10. The van der Waals surface area contributed by atoms with E-state index in [1.54, 1.807) is 0 Å². The van der Waals surface area contributed by atoms with Gasteiger partial charge in [0.15, 0.2) is 0 Å². The molecule has 1 fully saturated rings. The van der Waals surface area contributed by atoms with E-state index >= 15 is 0 Å². The molecule has 2 aliphatic rings. The van der Waals surface area contributed by atoms with E-state index in [9.17, 15) is 9.59 Å². The number of ether oxygens (including phenoxy) is 1. The first kappa shape index (κ1) is 12.0. The molecule has 0 N–H and O–H groups in total. The number of carbonyl (C=O) groups is 2. The number of imide groups is 1. The number of nitrogens with zero attached hydrogens (tertiary/aromatic N) is 1. The molecule has 1 aliphatic heterocycles. The van der Waals surface area contributed by atoms with Crippen molar-refractivity contribution in [3.8, 4) is 0 Å². The van der Waals surface area contributed by atoms with Crippen molar-refractivity contribution in [2.24, 2.45) is 0 Å². The smallest absolute Gasteiger partial charge is 0.417 e. The normalized spacial score (nSPS) is 22.3. The van der Waals surface area contributed by atoms with E-state index in [0.717, 1.165) is 30.4 Å². The van der Waals surface area contributed by atoms with Crippen LogP contribution in [-0.2, 0) is 9.53 Å². The second-order valence-electron chi connectivity index (χ2n) is 4.80. The predicted octanol–water partition coefficient (Wildman–Crippen LogP) is 2.82. The summed E-state index contributed by atoms with van der Waals surface area (Å²) < 4.78 is 5.05. The molecule has 0 radical (unpaired) electrons. The maximum absolute atomic E-state index is 12.4. The van der Waals surface area contributed by atoms with E-state index in [1.165, 1.54) is 4.90 Å². The zero-order valence-electron chi connectivity index (χ0n) is 10.5. The molecule has 1 saturated heterocycles. The summed E-state index contributed by atoms with van der Waals surface area (Å²) in [6, 6.07) is 9.23. The second kappa shape index (κ2) is 4.88. The minimum absolute atomic E-state index is 0.200. The molecular weight excluding hydrogens is 242 g/mol. The highest BCUT2D eigenvalue weighted by molar-refractivity contribution is 6.03. The van der Waals surface area contributed by atoms with Gasteiger partial charge in [-0.05, 0) is 24.8 Å². The second-order valence-corrected chi connectivity index (χ2v) is 4.80. The van der Waals surface area contributed by atoms with Gasteiger partial charge in [-0.15, -0.1) is 0 Å². The van der Waals surface area contributed by atoms with E-state index in [4.69, 9.17) is 4.74 Å². The van der Waals surface area contributed by atoms with Crippen molar-refractivity contribution in [3.05, 3.63) is 47.5 Å². The molecule has 1 atom stereocenters. The fourth-order valence-electron chi connectivity index (χ4n) is 2.59. The van der Waals surface area contributed by atoms with Crippen molar-refractivity contribution in [1.29, 1.82) is 0 Å². The highest BCUT2D eigenvalue weighted by atomic mass is 16.6. The Labute approximate surface area is 111 Å². The van der Waals surface area contributed by atoms with Gasteiger partial charge >= 0.3 is 6.09 Å². The Balaban J connectivity index is 1.89. The molecule has 1 heterocycles. The number of carbonyl (C=O) groups excluding carboxylic acids is 2. The Kier molecular flexibility index (Phi) is 3.07. The van der Waals surface area contributed by atoms with Crippen LogP contribution in [0.2, 0.25) is 0 Å². The molecule has 2 amide bonds. The molecule has 0 bridgehead atoms. The van der Waals surface area contributed by atoms with Crippen molar-refractivity contribution < 1.29 is 14.3 Å². The summed E-state index contributed by atoms with van der Waals surface area (Å²) in [5, 5.41) is 0. The fraction of sp³-hybridized carbons (Fsp3) is 0.333. The maximum atomic E-state index is 12.4. The van der Waals surface area contributed by atoms with Crippen LogP contribution in [0, 0.1) is 0 Å². The number of allylic oxidation sites excluding steroid dienone is 1. The molecule has 0 unspecified atom stereocenters. The Bertz CT molecular complexity index is 536. The SMILES string of the molecule is O=C1OC[C@@H](c2ccccc2)N1C(=O)C1=CCCC1. The molecule has 1 aromatic carbocycles. The fourth-order valence-corrected chi connectivity index (χ4v) is 2.59. The maximum Gasteiger partial charge on any atom is 0.417 e. The molecular formula is C15H15NO3. The summed E-state index contributed by atoms with van der Waals surface area (Å²) in [7, 11) is 0. The largest absolute Gasteiger partial charge is 0.446 e. The lowest BCUT2D eigenvalue weighted by molar-refractivity contribution is -0.125. The average molecular weight is 257 g/mol. The molecule has 0 saturated carbocycles. The Morgan fingerprint density at radius 3 is 2.74 bits per heavy atom. The van der Waals surface area contributed by atoms with Gasteiger partial charge in [0.05, 0.1) is 0 Å². The number of amides is 2. The predicted molar refractivity (Wildman–Crippen MR) is 69.3 cm³/mol. The number of cyclic esters (lactones) is 1. The first-order chi connectivity index (χ1) is 9.27. The molecule has 98 valence electrons. The molecule has 4 heteroatoms. The van der Waals surface area contributed by atoms with Gasteiger partial charge in [-0.2, -0.15) is 0 Å². The minimum Gasteiger partial charge on any atom is -0.446 e. The van der Waals surface area contributed by atoms with Crippen LogP contribution >= 0.6 is 0 Å². The van der Waals surface area contributed by atoms with Gasteiger partial charge in [0.1, 0.15) is 12.6 Å². The van der Waals surface area contributed by atoms with Crippen LogP contribution in [0.4, 0.5) is 4.79 Å². The molecule has 1 aromatic rings. The van der Waals surface area contributed by atoms with E-state index in [0.29, 0.717) is 0 Å². The number of hydrogen-bond donors (Lipinski definition) is 0. The molecule has 0 spiro atoms. The van der Waals surface area contributed by atoms with Crippen LogP contribution < -0.4 is 0 Å². The van der Waals surface area contributed by atoms with Gasteiger partial charge in [-0.3, -0.25) is 4.79 Å². The van der Waals surface area contributed by atoms with E-state index < -0.39 is 6.09 Å². The number of benzene rings is 1. The summed E-state index contributed by atoms with van der Waals surface area (Å²) >= 11 is 0. The minimum atomic E-state index is -0.536. The lowest BCUT2D eigenvalue weighted by Crippen LogP contribution is -2.34. The average Bonchev–Trinajstić information content (AvgIpc) is 3.08. The van der Waals surface area contributed by atoms with Gasteiger partial charge in [0, 0.05) is 5.57 Å². The lowest BCUT2D eigenvalue weighted by Gasteiger charge is -2.20. The first-order valence-corrected chi connectivity index (χ1v) is 6.51. The molecule has 0 aromatic heterocycles. The molecule has 3 rings (SSSR count). The third-order valence-corrected chi connectivity index (χ3v) is 3.59. The van der Waals surface area contributed by atoms with Crippen LogP contribution in [0.1, 0.15) is 30.9 Å². The van der Waals surface area contributed by atoms with Crippen molar-refractivity contribution in [3.63, 3.8) is 0 Å². The van der Waals surface area contributed by atoms with E-state index in [-0.39, 0.29) is 18.6 Å². The van der Waals surface area contributed by atoms with Gasteiger partial charge in [0.2, 0.25) is 0 Å². The van der Waals surface area contributed by atoms with Crippen LogP contribution in [-0.4, -0.2) is 23.5 Å². The van der Waals surface area contributed by atoms with Crippen molar-refractivity contribution in [1.82, 2.24) is 4.90 Å². The van der Waals surface area contributed by atoms with Crippen LogP contribution in [0.3, 0.4) is 0 Å². The monoisotopic (exact) mass is 257 g/mol. The van der Waals surface area contributed by atoms with Crippen LogP contribution in [0.25, 0.3) is 0 Å². The van der Waals surface area contributed by atoms with E-state index in [1.807, 2.05) is 36.4 Å². The van der Waals surface area contributed by atoms with Gasteiger partial charge < -0.3 is 4.74 Å². The van der Waals surface area contributed by atoms with Crippen molar-refractivity contribution in [2.45, 2.75) is 25.3 Å². The third kappa shape index (κ3) is 2.14. The lowest BCUT2D eigenvalue weighted by atomic mass is 10.1. The first-order valence-electron chi connectivity index (χ1n) is 6.51. The summed E-state index contributed by atoms with van der Waals surface area (Å²) in [6.45, 7) is 0.238. The van der Waals surface area contributed by atoms with E-state index in [2.05, 4.69) is 0 Å². The van der Waals surface area contributed by atoms with Gasteiger partial charge in [-0.1, -0.05) is 36.4 Å². The molecule has 19 heavy (non-hydrogen) atoms. The highest BCUT2D eigenvalue weighted by Gasteiger charge is 2.40. The Morgan fingerprint density at radius 1 is 1.26 bits per heavy atom. The number of hydrogen-bond acceptors (Lipinski definition) is 3. The van der Waals surface area contributed by atoms with Crippen molar-refractivity contribution in [2.75, 3.05) is 6.61 Å². The Morgan fingerprint density at radius 2 is 2.05 bits per heavy atom. The van der Waals surface area contributed by atoms with Gasteiger partial charge in [-0.25, -0.2) is 9.69 Å². The summed E-state index contributed by atoms with van der Waals surface area (Å²) in [5.74, 6) is -0.200. The highest BCUT2D eigenvalue weighted by Crippen LogP contribution is 2.31. The van der Waals surface area contributed by atoms with Crippen molar-refractivity contribution >= 4 is 12.0 Å². The summed E-state index contributed by atoms with van der Waals surface area (Å²) in [6.07, 6.45) is 4.05. The topological polar surface area (TPSA) is 46.6 Å². The van der Waals surface area contributed by atoms with Crippen LogP contribution in [0.5, 0.6) is 0 Å². The summed E-state index contributed by atoms with van der Waals surface area (Å²) in [4.78, 5) is 25.5. The summed E-state index contributed by atoms with van der Waals surface area (Å²) in [5.41, 5.74) is 1.67. The number of rotatable bonds is 2.